The second kappa shape index (κ2) is 9.05. The quantitative estimate of drug-likeness (QED) is 0.198. The summed E-state index contributed by atoms with van der Waals surface area (Å²) in [5, 5.41) is 8.12. The van der Waals surface area contributed by atoms with Gasteiger partial charge in [0.25, 0.3) is 0 Å². The van der Waals surface area contributed by atoms with Crippen LogP contribution >= 0.6 is 0 Å². The number of nitrogens with zero attached hydrogens (tertiary/aromatic N) is 4. The Labute approximate surface area is 268 Å². The maximum Gasteiger partial charge on any atom is 0.238 e. The van der Waals surface area contributed by atoms with Gasteiger partial charge < -0.3 is 9.30 Å². The van der Waals surface area contributed by atoms with Gasteiger partial charge in [-0.15, -0.1) is 0 Å². The fourth-order valence-corrected chi connectivity index (χ4v) is 7.86. The monoisotopic (exact) mass is 600 g/mol. The molecule has 0 N–H and O–H groups in total. The van der Waals surface area contributed by atoms with Crippen LogP contribution in [0.3, 0.4) is 0 Å². The van der Waals surface area contributed by atoms with Crippen LogP contribution in [0, 0.1) is 0 Å². The average Bonchev–Trinajstić information content (AvgIpc) is 3.66. The van der Waals surface area contributed by atoms with Gasteiger partial charge in [0.05, 0.1) is 33.0 Å². The second-order valence-electron chi connectivity index (χ2n) is 12.2. The summed E-state index contributed by atoms with van der Waals surface area (Å²) in [6, 6.07) is 51.2. The molecule has 3 aromatic heterocycles. The molecular formula is C42H24N4O. The summed E-state index contributed by atoms with van der Waals surface area (Å²) in [5.41, 5.74) is 8.49. The molecule has 0 spiro atoms. The zero-order valence-corrected chi connectivity index (χ0v) is 25.1. The normalized spacial score (nSPS) is 12.4. The van der Waals surface area contributed by atoms with E-state index in [-0.39, 0.29) is 0 Å². The van der Waals surface area contributed by atoms with Crippen molar-refractivity contribution in [2.45, 2.75) is 0 Å². The molecule has 218 valence electrons. The van der Waals surface area contributed by atoms with E-state index in [4.69, 9.17) is 14.7 Å². The lowest BCUT2D eigenvalue weighted by atomic mass is 9.98. The molecule has 4 heterocycles. The molecule has 0 unspecified atom stereocenters. The van der Waals surface area contributed by atoms with E-state index >= 15 is 0 Å². The van der Waals surface area contributed by atoms with Crippen LogP contribution < -0.4 is 4.74 Å². The van der Waals surface area contributed by atoms with Gasteiger partial charge in [-0.25, -0.2) is 4.98 Å². The number of benzene rings is 7. The lowest BCUT2D eigenvalue weighted by Gasteiger charge is -2.21. The Bertz CT molecular complexity index is 2940. The standard InChI is InChI=1S/C42H24N4O/c1-2-13-25(14-3-1)45-33-22-9-6-18-30(33)36-28-16-4-5-17-29(28)37-31-19-7-10-23-34(31)46(40(37)39(36)45)42-43-32-21-12-20-27-26-15-8-11-24-35(26)47-41(44-42)38(27)32/h1-24H. The number of hydrogen-bond donors (Lipinski definition) is 0. The molecule has 0 atom stereocenters. The van der Waals surface area contributed by atoms with Crippen molar-refractivity contribution in [1.29, 1.82) is 0 Å². The van der Waals surface area contributed by atoms with Gasteiger partial charge in [-0.1, -0.05) is 109 Å². The van der Waals surface area contributed by atoms with Gasteiger partial charge in [-0.3, -0.25) is 4.57 Å². The lowest BCUT2D eigenvalue weighted by molar-refractivity contribution is 0.466. The molecule has 0 fully saturated rings. The highest BCUT2D eigenvalue weighted by atomic mass is 16.5. The molecule has 0 aliphatic carbocycles. The summed E-state index contributed by atoms with van der Waals surface area (Å²) < 4.78 is 11.2. The zero-order chi connectivity index (χ0) is 30.6. The predicted octanol–water partition coefficient (Wildman–Crippen LogP) is 10.7. The van der Waals surface area contributed by atoms with E-state index in [9.17, 15) is 0 Å². The predicted molar refractivity (Wildman–Crippen MR) is 191 cm³/mol. The molecule has 0 radical (unpaired) electrons. The highest BCUT2D eigenvalue weighted by molar-refractivity contribution is 6.36. The highest BCUT2D eigenvalue weighted by Gasteiger charge is 2.27. The largest absolute Gasteiger partial charge is 0.438 e. The Morgan fingerprint density at radius 2 is 1.00 bits per heavy atom. The summed E-state index contributed by atoms with van der Waals surface area (Å²) in [7, 11) is 0. The van der Waals surface area contributed by atoms with E-state index < -0.39 is 0 Å². The number of hydrogen-bond acceptors (Lipinski definition) is 3. The summed E-state index contributed by atoms with van der Waals surface area (Å²) in [5.74, 6) is 1.96. The Hall–Kier alpha value is -6.46. The Kier molecular flexibility index (Phi) is 4.78. The van der Waals surface area contributed by atoms with Crippen LogP contribution in [-0.2, 0) is 0 Å². The molecule has 0 saturated carbocycles. The first-order valence-electron chi connectivity index (χ1n) is 15.9. The Morgan fingerprint density at radius 1 is 0.426 bits per heavy atom. The van der Waals surface area contributed by atoms with Crippen molar-refractivity contribution in [3.8, 4) is 34.4 Å². The van der Waals surface area contributed by atoms with Crippen molar-refractivity contribution in [2.24, 2.45) is 0 Å². The molecule has 7 aromatic carbocycles. The van der Waals surface area contributed by atoms with Gasteiger partial charge in [0.15, 0.2) is 0 Å². The zero-order valence-electron chi connectivity index (χ0n) is 25.1. The van der Waals surface area contributed by atoms with E-state index in [1.54, 1.807) is 0 Å². The third kappa shape index (κ3) is 3.22. The molecule has 5 nitrogen and oxygen atoms in total. The van der Waals surface area contributed by atoms with E-state index in [0.717, 1.165) is 60.9 Å². The number of para-hydroxylation sites is 4. The van der Waals surface area contributed by atoms with Gasteiger partial charge in [0.1, 0.15) is 5.75 Å². The van der Waals surface area contributed by atoms with Crippen molar-refractivity contribution in [1.82, 2.24) is 19.1 Å². The smallest absolute Gasteiger partial charge is 0.238 e. The molecule has 10 aromatic rings. The lowest BCUT2D eigenvalue weighted by Crippen LogP contribution is -2.07. The fourth-order valence-electron chi connectivity index (χ4n) is 7.86. The number of rotatable bonds is 2. The van der Waals surface area contributed by atoms with E-state index in [2.05, 4.69) is 137 Å². The second-order valence-corrected chi connectivity index (χ2v) is 12.2. The van der Waals surface area contributed by atoms with E-state index in [1.165, 1.54) is 26.9 Å². The highest BCUT2D eigenvalue weighted by Crippen LogP contribution is 2.48. The van der Waals surface area contributed by atoms with E-state index in [1.807, 2.05) is 18.2 Å². The first kappa shape index (κ1) is 24.8. The Morgan fingerprint density at radius 3 is 1.74 bits per heavy atom. The maximum absolute atomic E-state index is 6.54. The maximum atomic E-state index is 6.54. The minimum atomic E-state index is 0.575. The fraction of sp³-hybridized carbons (Fsp3) is 0. The third-order valence-corrected chi connectivity index (χ3v) is 9.72. The molecular weight excluding hydrogens is 576 g/mol. The first-order chi connectivity index (χ1) is 23.3. The average molecular weight is 601 g/mol. The van der Waals surface area contributed by atoms with Gasteiger partial charge in [0, 0.05) is 38.4 Å². The number of fused-ring (bicyclic) bond motifs is 12. The summed E-state index contributed by atoms with van der Waals surface area (Å²) in [6.07, 6.45) is 0. The van der Waals surface area contributed by atoms with Crippen LogP contribution in [0.1, 0.15) is 0 Å². The van der Waals surface area contributed by atoms with Crippen molar-refractivity contribution >= 4 is 65.3 Å². The van der Waals surface area contributed by atoms with Gasteiger partial charge in [-0.05, 0) is 47.2 Å². The molecule has 11 rings (SSSR count). The minimum absolute atomic E-state index is 0.575. The molecule has 0 amide bonds. The van der Waals surface area contributed by atoms with Crippen LogP contribution in [0.15, 0.2) is 146 Å². The van der Waals surface area contributed by atoms with E-state index in [0.29, 0.717) is 11.8 Å². The third-order valence-electron chi connectivity index (χ3n) is 9.72. The number of ether oxygens (including phenoxy) is 1. The first-order valence-corrected chi connectivity index (χ1v) is 15.9. The van der Waals surface area contributed by atoms with Crippen LogP contribution in [0.5, 0.6) is 11.6 Å². The topological polar surface area (TPSA) is 44.9 Å². The minimum Gasteiger partial charge on any atom is -0.438 e. The molecule has 0 saturated heterocycles. The van der Waals surface area contributed by atoms with Gasteiger partial charge in [-0.2, -0.15) is 4.98 Å². The SMILES string of the molecule is c1ccc(-n2c3ccccc3c3c4ccccc4c4c5ccccc5n(-c5nc6c7c(cccc7n5)-c5ccccc5O6)c4c32)cc1. The van der Waals surface area contributed by atoms with Crippen molar-refractivity contribution < 1.29 is 4.74 Å². The summed E-state index contributed by atoms with van der Waals surface area (Å²) in [4.78, 5) is 10.5. The Balaban J connectivity index is 1.39. The molecule has 0 bridgehead atoms. The van der Waals surface area contributed by atoms with Crippen molar-refractivity contribution in [2.75, 3.05) is 0 Å². The molecule has 47 heavy (non-hydrogen) atoms. The van der Waals surface area contributed by atoms with Crippen LogP contribution in [-0.4, -0.2) is 19.1 Å². The van der Waals surface area contributed by atoms with Gasteiger partial charge >= 0.3 is 0 Å². The van der Waals surface area contributed by atoms with Gasteiger partial charge in [0.2, 0.25) is 11.8 Å². The van der Waals surface area contributed by atoms with Crippen LogP contribution in [0.4, 0.5) is 0 Å². The molecule has 1 aliphatic heterocycles. The summed E-state index contributed by atoms with van der Waals surface area (Å²) >= 11 is 0. The summed E-state index contributed by atoms with van der Waals surface area (Å²) in [6.45, 7) is 0. The van der Waals surface area contributed by atoms with Crippen molar-refractivity contribution in [3.63, 3.8) is 0 Å². The van der Waals surface area contributed by atoms with Crippen LogP contribution in [0.2, 0.25) is 0 Å². The van der Waals surface area contributed by atoms with Crippen LogP contribution in [0.25, 0.3) is 88.0 Å². The molecule has 1 aliphatic rings. The number of aromatic nitrogens is 4. The van der Waals surface area contributed by atoms with Crippen molar-refractivity contribution in [3.05, 3.63) is 146 Å². The molecule has 5 heteroatoms.